The molecule has 57 heteroatoms. The molecule has 0 unspecified atom stereocenters. The molecular formula is C88H150N22O35. The van der Waals surface area contributed by atoms with Crippen LogP contribution in [0.5, 0.6) is 0 Å². The number of carboxylic acids is 6. The molecule has 1 fully saturated rings. The van der Waals surface area contributed by atoms with Crippen LogP contribution in [-0.4, -0.2) is 376 Å². The van der Waals surface area contributed by atoms with Gasteiger partial charge in [-0.1, -0.05) is 48.0 Å². The van der Waals surface area contributed by atoms with Crippen molar-refractivity contribution in [2.24, 2.45) is 40.7 Å². The van der Waals surface area contributed by atoms with Crippen LogP contribution in [-0.2, 0) is 115 Å². The minimum atomic E-state index is -2.16. The number of carbonyl (C=O) groups is 24. The number of nitrogens with zero attached hydrogens (tertiary/aromatic N) is 1. The van der Waals surface area contributed by atoms with Crippen molar-refractivity contribution in [3.63, 3.8) is 0 Å². The Morgan fingerprint density at radius 1 is 0.310 bits per heavy atom. The van der Waals surface area contributed by atoms with Crippen LogP contribution < -0.4 is 113 Å². The monoisotopic (exact) mass is 2080 g/mol. The van der Waals surface area contributed by atoms with E-state index in [1.54, 1.807) is 20.8 Å². The van der Waals surface area contributed by atoms with Gasteiger partial charge in [0.15, 0.2) is 0 Å². The first kappa shape index (κ1) is 130. The minimum absolute atomic E-state index is 0.0133. The zero-order chi connectivity index (χ0) is 111. The van der Waals surface area contributed by atoms with E-state index in [4.69, 9.17) is 28.0 Å². The zero-order valence-corrected chi connectivity index (χ0v) is 83.0. The van der Waals surface area contributed by atoms with Crippen LogP contribution >= 0.6 is 0 Å². The molecule has 0 aliphatic carbocycles. The number of aliphatic hydroxyl groups excluding tert-OH is 5. The number of carboxylic acid groups (broad SMARTS) is 6. The maximum absolute atomic E-state index is 14.8. The largest absolute Gasteiger partial charge is 0.481 e. The number of carbonyl (C=O) groups excluding carboxylic acids is 18. The fourth-order valence-electron chi connectivity index (χ4n) is 14.4. The van der Waals surface area contributed by atoms with Gasteiger partial charge in [0.1, 0.15) is 109 Å². The molecule has 822 valence electrons. The van der Waals surface area contributed by atoms with Crippen LogP contribution in [0, 0.1) is 17.8 Å². The van der Waals surface area contributed by atoms with Gasteiger partial charge in [0, 0.05) is 38.6 Å². The van der Waals surface area contributed by atoms with E-state index in [0.29, 0.717) is 19.3 Å². The van der Waals surface area contributed by atoms with Crippen LogP contribution in [0.25, 0.3) is 0 Å². The molecule has 0 bridgehead atoms. The quantitative estimate of drug-likeness (QED) is 0.0251. The first-order valence-corrected chi connectivity index (χ1v) is 47.8. The summed E-state index contributed by atoms with van der Waals surface area (Å²) in [7, 11) is 0. The summed E-state index contributed by atoms with van der Waals surface area (Å²) in [6.07, 6.45) is -9.53. The van der Waals surface area contributed by atoms with Gasteiger partial charge in [0.25, 0.3) is 0 Å². The smallest absolute Gasteiger partial charge is 0.326 e. The molecule has 1 rings (SSSR count). The highest BCUT2D eigenvalue weighted by molar-refractivity contribution is 6.02. The van der Waals surface area contributed by atoms with Crippen molar-refractivity contribution in [2.75, 3.05) is 46.0 Å². The molecule has 1 aliphatic heterocycles. The molecule has 0 aromatic heterocycles. The van der Waals surface area contributed by atoms with Crippen molar-refractivity contribution >= 4 is 142 Å². The van der Waals surface area contributed by atoms with Gasteiger partial charge in [0.2, 0.25) is 106 Å². The van der Waals surface area contributed by atoms with Crippen molar-refractivity contribution in [3.05, 3.63) is 0 Å². The fourth-order valence-corrected chi connectivity index (χ4v) is 14.4. The molecule has 1 saturated heterocycles. The van der Waals surface area contributed by atoms with Crippen molar-refractivity contribution in [1.29, 1.82) is 0 Å². The number of hydrogen-bond acceptors (Lipinski definition) is 33. The first-order valence-electron chi connectivity index (χ1n) is 47.8. The average Bonchev–Trinajstić information content (AvgIpc) is 1.68. The van der Waals surface area contributed by atoms with E-state index in [1.807, 2.05) is 0 Å². The third kappa shape index (κ3) is 48.0. The SMILES string of the molecule is CC[C@H](C)[C@H](NC(=O)[C@H](CCC(=O)O)NC(=O)[C@H](CO)NC(=O)[C@H](CCCCN)NC(=O)[C@@H](NC(=O)[C@@H](NC(=O)[C@H](CCC(=O)O)NC(=O)[C@H](CCC(=O)O)NC(=O)[C@H](C)NC(=O)[C@@H](N)CCC(=O)O)[C@@H](C)O)[C@@H](C)O)C(=O)N[C@H](C(=O)N[C@@H](CC(C)C)C(=O)N1CCC[C@H]1C(=O)N[C@@H](CO)C(=O)N[C@@H](CO)C(=O)N[C@@H](C)C(=O)N[C@@H](CCCCN)C(=O)N[C@@H](CCC(=O)O)C(=O)N[C@@H](CCCCN)C(=O)O)C(C)C. The molecule has 22 atom stereocenters. The first-order chi connectivity index (χ1) is 68.0. The Balaban J connectivity index is 3.53. The van der Waals surface area contributed by atoms with Gasteiger partial charge < -0.3 is 174 Å². The van der Waals surface area contributed by atoms with Crippen molar-refractivity contribution in [1.82, 2.24) is 95.3 Å². The molecule has 145 heavy (non-hydrogen) atoms. The standard InChI is InChI=1S/C88H150N22O35/c1-11-43(6)67(84(140)106-66(42(4)5)83(139)102-56(37-41(2)3)87(143)110-36-18-22-60(110)82(138)105-59(40-113)81(137)104-57(38-111)79(135)94-45(8)71(127)95-49(19-12-15-33-89)73(129)97-52(25-30-63(120)121)76(132)101-55(88(144)145)21-14-17-35-91)107-77(133)53(26-31-64(122)123)99-80(136)58(39-112)103-74(130)50(20-13-16-34-90)100-85(141)68(46(9)114)109-86(142)69(47(10)115)108-78(134)54(27-32-65(124)125)98-75(131)51(24-29-62(118)119)96-70(126)44(7)93-72(128)48(92)23-28-61(116)117/h41-60,66-69,111-115H,11-40,89-92H2,1-10H3,(H,93,128)(H,94,135)(H,95,127)(H,96,126)(H,97,129)(H,98,131)(H,99,136)(H,100,141)(H,101,132)(H,102,139)(H,103,130)(H,104,137)(H,105,138)(H,106,140)(H,107,133)(H,108,134)(H,109,142)(H,116,117)(H,118,119)(H,120,121)(H,122,123)(H,124,125)(H,144,145)/t43-,44-,45-,46+,47+,48-,49-,50-,51-,52-,53-,54-,55-,56-,57-,58-,59-,60-,66-,67-,68-,69-/m0/s1. The lowest BCUT2D eigenvalue weighted by atomic mass is 9.95. The van der Waals surface area contributed by atoms with E-state index in [1.165, 1.54) is 20.8 Å². The number of aliphatic hydroxyl groups is 5. The van der Waals surface area contributed by atoms with Gasteiger partial charge in [-0.3, -0.25) is 110 Å². The molecular weight excluding hydrogens is 1930 g/mol. The second kappa shape index (κ2) is 67.5. The molecule has 36 N–H and O–H groups in total. The van der Waals surface area contributed by atoms with Crippen LogP contribution in [0.15, 0.2) is 0 Å². The maximum Gasteiger partial charge on any atom is 0.326 e. The summed E-state index contributed by atoms with van der Waals surface area (Å²) in [5.74, 6) is -31.5. The second-order valence-electron chi connectivity index (χ2n) is 36.0. The lowest BCUT2D eigenvalue weighted by Gasteiger charge is -2.32. The summed E-state index contributed by atoms with van der Waals surface area (Å²) < 4.78 is 0. The molecule has 0 spiro atoms. The third-order valence-corrected chi connectivity index (χ3v) is 23.1. The summed E-state index contributed by atoms with van der Waals surface area (Å²) in [6.45, 7) is 10.4. The Hall–Kier alpha value is -13.1. The van der Waals surface area contributed by atoms with E-state index in [2.05, 4.69) is 90.4 Å². The highest BCUT2D eigenvalue weighted by atomic mass is 16.4. The Morgan fingerprint density at radius 2 is 0.586 bits per heavy atom. The van der Waals surface area contributed by atoms with Gasteiger partial charge in [-0.05, 0) is 174 Å². The summed E-state index contributed by atoms with van der Waals surface area (Å²) in [6, 6.07) is -32.6. The number of aliphatic carboxylic acids is 6. The lowest BCUT2D eigenvalue weighted by Crippen LogP contribution is -2.63. The molecule has 0 radical (unpaired) electrons. The number of amides is 18. The normalized spacial score (nSPS) is 16.6. The number of nitrogens with one attached hydrogen (secondary N) is 17. The topological polar surface area (TPSA) is 944 Å². The van der Waals surface area contributed by atoms with Gasteiger partial charge in [-0.25, -0.2) is 4.79 Å². The van der Waals surface area contributed by atoms with Crippen molar-refractivity contribution in [2.45, 2.75) is 344 Å². The van der Waals surface area contributed by atoms with E-state index < -0.39 is 359 Å². The average molecular weight is 2080 g/mol. The molecule has 1 heterocycles. The Labute approximate surface area is 836 Å². The van der Waals surface area contributed by atoms with Gasteiger partial charge in [-0.2, -0.15) is 0 Å². The van der Waals surface area contributed by atoms with Crippen molar-refractivity contribution in [3.8, 4) is 0 Å². The minimum Gasteiger partial charge on any atom is -0.481 e. The summed E-state index contributed by atoms with van der Waals surface area (Å²) >= 11 is 0. The fraction of sp³-hybridized carbons (Fsp3) is 0.727. The van der Waals surface area contributed by atoms with E-state index >= 15 is 0 Å². The summed E-state index contributed by atoms with van der Waals surface area (Å²) in [4.78, 5) is 323. The molecule has 0 aromatic rings. The predicted molar refractivity (Wildman–Crippen MR) is 506 cm³/mol. The highest BCUT2D eigenvalue weighted by Crippen LogP contribution is 2.23. The Bertz CT molecular complexity index is 4380. The van der Waals surface area contributed by atoms with Gasteiger partial charge in [-0.15, -0.1) is 0 Å². The van der Waals surface area contributed by atoms with Crippen LogP contribution in [0.3, 0.4) is 0 Å². The molecule has 0 saturated carbocycles. The lowest BCUT2D eigenvalue weighted by molar-refractivity contribution is -0.143. The zero-order valence-electron chi connectivity index (χ0n) is 83.0. The van der Waals surface area contributed by atoms with E-state index in [-0.39, 0.29) is 103 Å². The predicted octanol–water partition coefficient (Wildman–Crippen LogP) is -11.1. The number of unbranched alkanes of at least 4 members (excludes halogenated alkanes) is 3. The van der Waals surface area contributed by atoms with Gasteiger partial charge in [0.05, 0.1) is 38.1 Å². The van der Waals surface area contributed by atoms with Gasteiger partial charge >= 0.3 is 35.8 Å². The second-order valence-corrected chi connectivity index (χ2v) is 36.0. The van der Waals surface area contributed by atoms with E-state index in [9.17, 15) is 166 Å². The van der Waals surface area contributed by atoms with E-state index in [0.717, 1.165) is 32.6 Å². The highest BCUT2D eigenvalue weighted by Gasteiger charge is 2.44. The van der Waals surface area contributed by atoms with Crippen LogP contribution in [0.1, 0.15) is 217 Å². The van der Waals surface area contributed by atoms with Crippen LogP contribution in [0.4, 0.5) is 0 Å². The summed E-state index contributed by atoms with van der Waals surface area (Å²) in [5, 5.41) is 149. The van der Waals surface area contributed by atoms with Crippen LogP contribution in [0.2, 0.25) is 0 Å². The molecule has 57 nitrogen and oxygen atoms in total. The Morgan fingerprint density at radius 3 is 0.938 bits per heavy atom. The number of likely N-dealkylation sites (tertiary alicyclic amines) is 1. The Kier molecular flexibility index (Phi) is 60.5. The molecule has 18 amide bonds. The van der Waals surface area contributed by atoms with Crippen molar-refractivity contribution < 1.29 is 171 Å². The summed E-state index contributed by atoms with van der Waals surface area (Å²) in [5.41, 5.74) is 22.6. The number of nitrogens with two attached hydrogens (primary N) is 4. The molecule has 1 aliphatic rings. The third-order valence-electron chi connectivity index (χ3n) is 23.1. The number of hydrogen-bond donors (Lipinski definition) is 32. The maximum atomic E-state index is 14.8. The number of rotatable bonds is 73. The molecule has 0 aromatic carbocycles.